The van der Waals surface area contributed by atoms with Crippen molar-refractivity contribution < 1.29 is 9.22 Å². The molecule has 0 fully saturated rings. The van der Waals surface area contributed by atoms with Gasteiger partial charge in [-0.25, -0.2) is 0 Å². The average Bonchev–Trinajstić information content (AvgIpc) is 2.51. The van der Waals surface area contributed by atoms with Crippen LogP contribution in [-0.4, -0.2) is 21.6 Å². The molecule has 0 spiro atoms. The van der Waals surface area contributed by atoms with Crippen molar-refractivity contribution in [3.8, 4) is 0 Å². The molecule has 4 heteroatoms. The summed E-state index contributed by atoms with van der Waals surface area (Å²) in [6.45, 7) is 6.48. The summed E-state index contributed by atoms with van der Waals surface area (Å²) in [6, 6.07) is 20.7. The largest absolute Gasteiger partial charge is 0.406 e. The maximum Gasteiger partial charge on any atom is 0.242 e. The molecule has 3 nitrogen and oxygen atoms in total. The summed E-state index contributed by atoms with van der Waals surface area (Å²) in [6.07, 6.45) is 0. The van der Waals surface area contributed by atoms with E-state index < -0.39 is 14.9 Å². The highest BCUT2D eigenvalue weighted by Crippen LogP contribution is 2.40. The Balaban J connectivity index is 2.47. The lowest BCUT2D eigenvalue weighted by atomic mass is 10.0. The Labute approximate surface area is 140 Å². The number of carbonyl (C=O) groups excluding carboxylic acids is 1. The van der Waals surface area contributed by atoms with E-state index >= 15 is 0 Å². The zero-order valence-corrected chi connectivity index (χ0v) is 15.0. The standard InChI is InChI=1S/C19H24NO2Si/c1-19(2,3)23(22-14-17(20)21)18(15-10-6-4-7-11-15)16-12-8-5-9-13-16/h4-13,18H,14H2,1-3H3,(H2,20,21). The topological polar surface area (TPSA) is 52.3 Å². The van der Waals surface area contributed by atoms with E-state index in [4.69, 9.17) is 10.2 Å². The molecule has 0 saturated heterocycles. The zero-order chi connectivity index (χ0) is 16.9. The van der Waals surface area contributed by atoms with Gasteiger partial charge >= 0.3 is 0 Å². The van der Waals surface area contributed by atoms with Gasteiger partial charge in [0.2, 0.25) is 14.9 Å². The van der Waals surface area contributed by atoms with Gasteiger partial charge in [-0.3, -0.25) is 4.79 Å². The molecule has 121 valence electrons. The van der Waals surface area contributed by atoms with Gasteiger partial charge in [0.05, 0.1) is 0 Å². The fourth-order valence-electron chi connectivity index (χ4n) is 2.67. The summed E-state index contributed by atoms with van der Waals surface area (Å²) in [5.41, 5.74) is 7.88. The number of rotatable bonds is 6. The smallest absolute Gasteiger partial charge is 0.242 e. The van der Waals surface area contributed by atoms with Crippen LogP contribution in [-0.2, 0) is 9.22 Å². The quantitative estimate of drug-likeness (QED) is 0.824. The lowest BCUT2D eigenvalue weighted by Crippen LogP contribution is -2.39. The van der Waals surface area contributed by atoms with Crippen molar-refractivity contribution in [3.05, 3.63) is 71.8 Å². The van der Waals surface area contributed by atoms with Crippen LogP contribution in [0.1, 0.15) is 37.4 Å². The van der Waals surface area contributed by atoms with Gasteiger partial charge in [-0.2, -0.15) is 0 Å². The van der Waals surface area contributed by atoms with E-state index in [2.05, 4.69) is 45.0 Å². The molecule has 0 aliphatic carbocycles. The van der Waals surface area contributed by atoms with Crippen molar-refractivity contribution in [2.75, 3.05) is 6.61 Å². The second-order valence-corrected chi connectivity index (χ2v) is 9.72. The van der Waals surface area contributed by atoms with Crippen LogP contribution in [0, 0.1) is 0 Å². The van der Waals surface area contributed by atoms with Crippen LogP contribution in [0.15, 0.2) is 60.7 Å². The summed E-state index contributed by atoms with van der Waals surface area (Å²) >= 11 is 0. The molecule has 2 aromatic carbocycles. The van der Waals surface area contributed by atoms with Crippen LogP contribution in [0.2, 0.25) is 5.04 Å². The van der Waals surface area contributed by atoms with Gasteiger partial charge in [-0.15, -0.1) is 0 Å². The first-order valence-electron chi connectivity index (χ1n) is 7.78. The maximum absolute atomic E-state index is 11.2. The van der Waals surface area contributed by atoms with Crippen LogP contribution in [0.25, 0.3) is 0 Å². The second kappa shape index (κ2) is 7.57. The number of hydrogen-bond acceptors (Lipinski definition) is 2. The first-order chi connectivity index (χ1) is 10.9. The van der Waals surface area contributed by atoms with Gasteiger partial charge < -0.3 is 10.2 Å². The molecule has 23 heavy (non-hydrogen) atoms. The predicted molar refractivity (Wildman–Crippen MR) is 95.3 cm³/mol. The Morgan fingerprint density at radius 3 is 1.78 bits per heavy atom. The predicted octanol–water partition coefficient (Wildman–Crippen LogP) is 3.65. The minimum atomic E-state index is -1.40. The van der Waals surface area contributed by atoms with Crippen molar-refractivity contribution in [1.29, 1.82) is 0 Å². The van der Waals surface area contributed by atoms with Gasteiger partial charge in [0.25, 0.3) is 0 Å². The third-order valence-corrected chi connectivity index (χ3v) is 6.76. The highest BCUT2D eigenvalue weighted by Gasteiger charge is 2.38. The van der Waals surface area contributed by atoms with Gasteiger partial charge in [-0.05, 0) is 16.2 Å². The molecule has 2 N–H and O–H groups in total. The molecule has 0 bridgehead atoms. The molecule has 2 rings (SSSR count). The fraction of sp³-hybridized carbons (Fsp3) is 0.316. The summed E-state index contributed by atoms with van der Waals surface area (Å²) in [5, 5.41) is -0.0452. The highest BCUT2D eigenvalue weighted by molar-refractivity contribution is 6.58. The Morgan fingerprint density at radius 2 is 1.43 bits per heavy atom. The van der Waals surface area contributed by atoms with Crippen molar-refractivity contribution in [2.45, 2.75) is 31.4 Å². The maximum atomic E-state index is 11.2. The van der Waals surface area contributed by atoms with E-state index in [1.165, 1.54) is 11.1 Å². The summed E-state index contributed by atoms with van der Waals surface area (Å²) in [7, 11) is -1.40. The molecular weight excluding hydrogens is 302 g/mol. The van der Waals surface area contributed by atoms with Gasteiger partial charge in [-0.1, -0.05) is 81.4 Å². The van der Waals surface area contributed by atoms with E-state index in [0.717, 1.165) is 0 Å². The van der Waals surface area contributed by atoms with E-state index in [1.54, 1.807) is 0 Å². The Bertz CT molecular complexity index is 583. The summed E-state index contributed by atoms with van der Waals surface area (Å²) in [4.78, 5) is 11.2. The first kappa shape index (κ1) is 17.4. The number of amides is 1. The van der Waals surface area contributed by atoms with Gasteiger partial charge in [0, 0.05) is 5.54 Å². The lowest BCUT2D eigenvalue weighted by molar-refractivity contribution is -0.120. The molecule has 0 aromatic heterocycles. The normalized spacial score (nSPS) is 11.9. The minimum Gasteiger partial charge on any atom is -0.406 e. The third kappa shape index (κ3) is 4.78. The van der Waals surface area contributed by atoms with E-state index in [9.17, 15) is 4.79 Å². The fourth-order valence-corrected chi connectivity index (χ4v) is 5.42. The van der Waals surface area contributed by atoms with E-state index in [1.807, 2.05) is 36.4 Å². The number of nitrogens with two attached hydrogens (primary N) is 1. The molecule has 0 heterocycles. The molecule has 0 aliphatic rings. The van der Waals surface area contributed by atoms with Gasteiger partial charge in [0.1, 0.15) is 6.61 Å². The molecule has 1 amide bonds. The number of carbonyl (C=O) groups is 1. The molecule has 0 atom stereocenters. The number of hydrogen-bond donors (Lipinski definition) is 1. The van der Waals surface area contributed by atoms with Crippen LogP contribution < -0.4 is 5.73 Å². The lowest BCUT2D eigenvalue weighted by Gasteiger charge is -2.35. The summed E-state index contributed by atoms with van der Waals surface area (Å²) in [5.74, 6) is -0.420. The SMILES string of the molecule is CC(C)(C)[Si](OCC(N)=O)C(c1ccccc1)c1ccccc1. The van der Waals surface area contributed by atoms with Crippen molar-refractivity contribution in [1.82, 2.24) is 0 Å². The van der Waals surface area contributed by atoms with E-state index in [0.29, 0.717) is 0 Å². The van der Waals surface area contributed by atoms with Crippen molar-refractivity contribution in [3.63, 3.8) is 0 Å². The molecular formula is C19H24NO2Si. The molecule has 1 radical (unpaired) electrons. The highest BCUT2D eigenvalue weighted by atomic mass is 28.3. The molecule has 0 unspecified atom stereocenters. The second-order valence-electron chi connectivity index (χ2n) is 6.62. The molecule has 2 aromatic rings. The van der Waals surface area contributed by atoms with Gasteiger partial charge in [0.15, 0.2) is 0 Å². The zero-order valence-electron chi connectivity index (χ0n) is 14.0. The monoisotopic (exact) mass is 326 g/mol. The Kier molecular flexibility index (Phi) is 5.74. The molecule has 0 aliphatic heterocycles. The number of benzene rings is 2. The van der Waals surface area contributed by atoms with Crippen LogP contribution in [0.4, 0.5) is 0 Å². The van der Waals surface area contributed by atoms with Crippen molar-refractivity contribution in [2.24, 2.45) is 5.73 Å². The first-order valence-corrected chi connectivity index (χ1v) is 9.26. The van der Waals surface area contributed by atoms with Crippen molar-refractivity contribution >= 4 is 14.9 Å². The Hall–Kier alpha value is -1.91. The minimum absolute atomic E-state index is 0.0261. The average molecular weight is 326 g/mol. The third-order valence-electron chi connectivity index (χ3n) is 3.64. The summed E-state index contributed by atoms with van der Waals surface area (Å²) < 4.78 is 6.07. The number of primary amides is 1. The van der Waals surface area contributed by atoms with Crippen LogP contribution >= 0.6 is 0 Å². The van der Waals surface area contributed by atoms with Crippen LogP contribution in [0.3, 0.4) is 0 Å². The Morgan fingerprint density at radius 1 is 1.00 bits per heavy atom. The molecule has 0 saturated carbocycles. The van der Waals surface area contributed by atoms with Crippen LogP contribution in [0.5, 0.6) is 0 Å². The van der Waals surface area contributed by atoms with E-state index in [-0.39, 0.29) is 17.2 Å².